The zero-order chi connectivity index (χ0) is 10.7. The quantitative estimate of drug-likeness (QED) is 0.822. The molecule has 1 heterocycles. The topological polar surface area (TPSA) is 36.4 Å². The Labute approximate surface area is 89.0 Å². The summed E-state index contributed by atoms with van der Waals surface area (Å²) in [5.74, 6) is 0. The average Bonchev–Trinajstić information content (AvgIpc) is 2.28. The molecule has 0 fully saturated rings. The molecule has 1 aromatic carbocycles. The summed E-state index contributed by atoms with van der Waals surface area (Å²) < 4.78 is 0. The van der Waals surface area contributed by atoms with E-state index >= 15 is 0 Å². The predicted octanol–water partition coefficient (Wildman–Crippen LogP) is 1.66. The summed E-state index contributed by atoms with van der Waals surface area (Å²) in [5.41, 5.74) is 2.09. The third-order valence-electron chi connectivity index (χ3n) is 2.47. The maximum absolute atomic E-state index is 8.91. The highest BCUT2D eigenvalue weighted by atomic mass is 16.3. The van der Waals surface area contributed by atoms with Crippen molar-refractivity contribution in [3.63, 3.8) is 0 Å². The molecule has 2 aromatic rings. The smallest absolute Gasteiger partial charge is 0.0722 e. The van der Waals surface area contributed by atoms with Crippen LogP contribution < -0.4 is 4.90 Å². The number of pyridine rings is 1. The van der Waals surface area contributed by atoms with Gasteiger partial charge in [-0.3, -0.25) is 4.98 Å². The van der Waals surface area contributed by atoms with E-state index in [9.17, 15) is 0 Å². The molecule has 0 saturated heterocycles. The number of para-hydroxylation sites is 1. The lowest BCUT2D eigenvalue weighted by atomic mass is 10.2. The molecule has 0 amide bonds. The van der Waals surface area contributed by atoms with Gasteiger partial charge in [-0.15, -0.1) is 0 Å². The molecule has 0 spiro atoms. The van der Waals surface area contributed by atoms with E-state index in [1.165, 1.54) is 0 Å². The normalized spacial score (nSPS) is 10.5. The van der Waals surface area contributed by atoms with Gasteiger partial charge in [0.15, 0.2) is 0 Å². The van der Waals surface area contributed by atoms with Crippen LogP contribution in [-0.4, -0.2) is 30.3 Å². The second-order valence-corrected chi connectivity index (χ2v) is 3.49. The summed E-state index contributed by atoms with van der Waals surface area (Å²) in [7, 11) is 1.97. The van der Waals surface area contributed by atoms with Gasteiger partial charge in [0.25, 0.3) is 0 Å². The second-order valence-electron chi connectivity index (χ2n) is 3.49. The van der Waals surface area contributed by atoms with Crippen molar-refractivity contribution in [2.45, 2.75) is 0 Å². The van der Waals surface area contributed by atoms with E-state index in [4.69, 9.17) is 5.11 Å². The van der Waals surface area contributed by atoms with E-state index in [-0.39, 0.29) is 6.61 Å². The van der Waals surface area contributed by atoms with E-state index in [0.29, 0.717) is 6.54 Å². The summed E-state index contributed by atoms with van der Waals surface area (Å²) >= 11 is 0. The lowest BCUT2D eigenvalue weighted by Crippen LogP contribution is -2.21. The zero-order valence-corrected chi connectivity index (χ0v) is 8.72. The van der Waals surface area contributed by atoms with Crippen molar-refractivity contribution in [3.05, 3.63) is 36.5 Å². The van der Waals surface area contributed by atoms with Gasteiger partial charge in [-0.05, 0) is 12.1 Å². The Morgan fingerprint density at radius 2 is 2.07 bits per heavy atom. The minimum Gasteiger partial charge on any atom is -0.395 e. The van der Waals surface area contributed by atoms with Crippen molar-refractivity contribution in [2.75, 3.05) is 25.1 Å². The molecule has 15 heavy (non-hydrogen) atoms. The highest BCUT2D eigenvalue weighted by Crippen LogP contribution is 2.23. The van der Waals surface area contributed by atoms with E-state index in [0.717, 1.165) is 16.6 Å². The number of hydrogen-bond acceptors (Lipinski definition) is 3. The predicted molar refractivity (Wildman–Crippen MR) is 62.1 cm³/mol. The molecule has 3 nitrogen and oxygen atoms in total. The number of rotatable bonds is 3. The molecule has 0 saturated carbocycles. The molecule has 3 heteroatoms. The number of benzene rings is 1. The first-order chi connectivity index (χ1) is 7.33. The van der Waals surface area contributed by atoms with Gasteiger partial charge in [0, 0.05) is 30.9 Å². The fourth-order valence-corrected chi connectivity index (χ4v) is 1.68. The van der Waals surface area contributed by atoms with Crippen LogP contribution in [0.3, 0.4) is 0 Å². The molecule has 2 rings (SSSR count). The van der Waals surface area contributed by atoms with Gasteiger partial charge >= 0.3 is 0 Å². The average molecular weight is 202 g/mol. The summed E-state index contributed by atoms with van der Waals surface area (Å²) in [5, 5.41) is 10.0. The molecule has 0 atom stereocenters. The minimum absolute atomic E-state index is 0.160. The molecular weight excluding hydrogens is 188 g/mol. The van der Waals surface area contributed by atoms with Crippen LogP contribution in [0.25, 0.3) is 10.9 Å². The number of nitrogens with zero attached hydrogens (tertiary/aromatic N) is 2. The Morgan fingerprint density at radius 3 is 2.87 bits per heavy atom. The van der Waals surface area contributed by atoms with Crippen molar-refractivity contribution >= 4 is 16.6 Å². The van der Waals surface area contributed by atoms with E-state index < -0.39 is 0 Å². The van der Waals surface area contributed by atoms with Crippen molar-refractivity contribution < 1.29 is 5.11 Å². The van der Waals surface area contributed by atoms with Gasteiger partial charge in [0.05, 0.1) is 12.1 Å². The van der Waals surface area contributed by atoms with Crippen LogP contribution >= 0.6 is 0 Å². The number of aliphatic hydroxyl groups excluding tert-OH is 1. The summed E-state index contributed by atoms with van der Waals surface area (Å²) in [6, 6.07) is 9.99. The van der Waals surface area contributed by atoms with Gasteiger partial charge in [-0.1, -0.05) is 18.2 Å². The van der Waals surface area contributed by atoms with Crippen LogP contribution in [0.4, 0.5) is 5.69 Å². The fraction of sp³-hybridized carbons (Fsp3) is 0.250. The maximum atomic E-state index is 8.91. The number of aromatic nitrogens is 1. The molecule has 0 aliphatic carbocycles. The van der Waals surface area contributed by atoms with Crippen molar-refractivity contribution in [1.82, 2.24) is 4.98 Å². The number of anilines is 1. The fourth-order valence-electron chi connectivity index (χ4n) is 1.68. The van der Waals surface area contributed by atoms with Crippen LogP contribution in [0.5, 0.6) is 0 Å². The van der Waals surface area contributed by atoms with E-state index in [1.54, 1.807) is 6.20 Å². The minimum atomic E-state index is 0.160. The Morgan fingerprint density at radius 1 is 1.27 bits per heavy atom. The Bertz CT molecular complexity index is 451. The maximum Gasteiger partial charge on any atom is 0.0722 e. The highest BCUT2D eigenvalue weighted by molar-refractivity contribution is 5.91. The monoisotopic (exact) mass is 202 g/mol. The lowest BCUT2D eigenvalue weighted by molar-refractivity contribution is 0.304. The number of likely N-dealkylation sites (N-methyl/N-ethyl adjacent to an activating group) is 1. The Hall–Kier alpha value is -1.61. The zero-order valence-electron chi connectivity index (χ0n) is 8.72. The molecule has 1 N–H and O–H groups in total. The molecule has 1 aromatic heterocycles. The first-order valence-electron chi connectivity index (χ1n) is 4.98. The van der Waals surface area contributed by atoms with Crippen molar-refractivity contribution in [1.29, 1.82) is 0 Å². The molecule has 0 unspecified atom stereocenters. The number of aliphatic hydroxyl groups is 1. The van der Waals surface area contributed by atoms with E-state index in [1.807, 2.05) is 42.3 Å². The van der Waals surface area contributed by atoms with Gasteiger partial charge in [0.1, 0.15) is 0 Å². The molecule has 78 valence electrons. The molecule has 0 aliphatic rings. The molecular formula is C12H14N2O. The molecule has 0 aliphatic heterocycles. The van der Waals surface area contributed by atoms with Gasteiger partial charge in [-0.25, -0.2) is 0 Å². The number of hydrogen-bond donors (Lipinski definition) is 1. The Balaban J connectivity index is 2.50. The van der Waals surface area contributed by atoms with Crippen LogP contribution in [0, 0.1) is 0 Å². The van der Waals surface area contributed by atoms with Crippen LogP contribution in [0.1, 0.15) is 0 Å². The first-order valence-corrected chi connectivity index (χ1v) is 4.98. The lowest BCUT2D eigenvalue weighted by Gasteiger charge is -2.19. The SMILES string of the molecule is CN(CCO)c1ccnc2ccccc12. The summed E-state index contributed by atoms with van der Waals surface area (Å²) in [6.07, 6.45) is 1.80. The van der Waals surface area contributed by atoms with Crippen molar-refractivity contribution in [2.24, 2.45) is 0 Å². The third kappa shape index (κ3) is 1.92. The number of fused-ring (bicyclic) bond motifs is 1. The van der Waals surface area contributed by atoms with Gasteiger partial charge in [-0.2, -0.15) is 0 Å². The second kappa shape index (κ2) is 4.28. The van der Waals surface area contributed by atoms with Crippen LogP contribution in [-0.2, 0) is 0 Å². The Kier molecular flexibility index (Phi) is 2.83. The standard InChI is InChI=1S/C12H14N2O/c1-14(8-9-15)12-6-7-13-11-5-3-2-4-10(11)12/h2-7,15H,8-9H2,1H3. The molecule has 0 radical (unpaired) electrons. The highest BCUT2D eigenvalue weighted by Gasteiger charge is 2.04. The van der Waals surface area contributed by atoms with Crippen molar-refractivity contribution in [3.8, 4) is 0 Å². The summed E-state index contributed by atoms with van der Waals surface area (Å²) in [6.45, 7) is 0.793. The van der Waals surface area contributed by atoms with Crippen LogP contribution in [0.2, 0.25) is 0 Å². The third-order valence-corrected chi connectivity index (χ3v) is 2.47. The largest absolute Gasteiger partial charge is 0.395 e. The molecule has 0 bridgehead atoms. The van der Waals surface area contributed by atoms with Gasteiger partial charge < -0.3 is 10.0 Å². The first kappa shape index (κ1) is 9.93. The van der Waals surface area contributed by atoms with E-state index in [2.05, 4.69) is 4.98 Å². The van der Waals surface area contributed by atoms with Crippen LogP contribution in [0.15, 0.2) is 36.5 Å². The van der Waals surface area contributed by atoms with Gasteiger partial charge in [0.2, 0.25) is 0 Å². The summed E-state index contributed by atoms with van der Waals surface area (Å²) in [4.78, 5) is 6.33.